The Bertz CT molecular complexity index is 539. The number of carbonyl (C=O) groups excluding carboxylic acids is 1. The topological polar surface area (TPSA) is 68.0 Å². The van der Waals surface area contributed by atoms with E-state index in [0.29, 0.717) is 5.13 Å². The molecule has 4 nitrogen and oxygen atoms in total. The molecule has 1 unspecified atom stereocenters. The van der Waals surface area contributed by atoms with Crippen LogP contribution in [-0.4, -0.2) is 10.9 Å². The summed E-state index contributed by atoms with van der Waals surface area (Å²) < 4.78 is 0. The fourth-order valence-electron chi connectivity index (χ4n) is 1.92. The summed E-state index contributed by atoms with van der Waals surface area (Å²) in [7, 11) is 0. The van der Waals surface area contributed by atoms with E-state index in [4.69, 9.17) is 5.73 Å². The number of amides is 1. The van der Waals surface area contributed by atoms with Crippen molar-refractivity contribution in [3.63, 3.8) is 0 Å². The number of hydrogen-bond acceptors (Lipinski definition) is 4. The highest BCUT2D eigenvalue weighted by atomic mass is 32.1. The maximum atomic E-state index is 12.0. The van der Waals surface area contributed by atoms with Crippen LogP contribution in [0.2, 0.25) is 0 Å². The third-order valence-corrected chi connectivity index (χ3v) is 3.58. The maximum absolute atomic E-state index is 12.0. The molecule has 0 bridgehead atoms. The van der Waals surface area contributed by atoms with Gasteiger partial charge in [-0.25, -0.2) is 4.98 Å². The summed E-state index contributed by atoms with van der Waals surface area (Å²) in [5.41, 5.74) is 7.39. The minimum atomic E-state index is -0.0268. The number of nitrogens with two attached hydrogens (primary N) is 1. The molecule has 0 saturated carbocycles. The van der Waals surface area contributed by atoms with Crippen LogP contribution in [0.15, 0.2) is 35.7 Å². The van der Waals surface area contributed by atoms with Crippen LogP contribution >= 0.6 is 11.3 Å². The van der Waals surface area contributed by atoms with Gasteiger partial charge in [0.25, 0.3) is 0 Å². The number of nitrogen functional groups attached to an aromatic ring is 1. The number of carbonyl (C=O) groups is 1. The van der Waals surface area contributed by atoms with Crippen LogP contribution < -0.4 is 11.1 Å². The number of thiazole rings is 1. The van der Waals surface area contributed by atoms with E-state index < -0.39 is 0 Å². The van der Waals surface area contributed by atoms with Crippen LogP contribution in [0.25, 0.3) is 0 Å². The number of nitrogens with zero attached hydrogens (tertiary/aromatic N) is 1. The van der Waals surface area contributed by atoms with Gasteiger partial charge in [0.2, 0.25) is 5.91 Å². The largest absolute Gasteiger partial charge is 0.375 e. The molecule has 2 aromatic rings. The molecular weight excluding hydrogens is 258 g/mol. The molecule has 1 atom stereocenters. The van der Waals surface area contributed by atoms with Crippen LogP contribution in [-0.2, 0) is 11.2 Å². The van der Waals surface area contributed by atoms with Crippen LogP contribution in [0.5, 0.6) is 0 Å². The second kappa shape index (κ2) is 6.33. The second-order valence-corrected chi connectivity index (χ2v) is 5.18. The fraction of sp³-hybridized carbons (Fsp3) is 0.286. The number of anilines is 1. The van der Waals surface area contributed by atoms with E-state index >= 15 is 0 Å². The second-order valence-electron chi connectivity index (χ2n) is 4.29. The highest BCUT2D eigenvalue weighted by Gasteiger charge is 2.13. The predicted molar refractivity (Wildman–Crippen MR) is 77.8 cm³/mol. The Hall–Kier alpha value is -1.88. The quantitative estimate of drug-likeness (QED) is 0.881. The van der Waals surface area contributed by atoms with Gasteiger partial charge in [0.05, 0.1) is 18.2 Å². The molecule has 0 aliphatic rings. The molecule has 5 heteroatoms. The molecule has 0 aliphatic carbocycles. The van der Waals surface area contributed by atoms with E-state index in [0.717, 1.165) is 17.7 Å². The lowest BCUT2D eigenvalue weighted by Crippen LogP contribution is -2.29. The molecule has 100 valence electrons. The average Bonchev–Trinajstić information content (AvgIpc) is 2.82. The summed E-state index contributed by atoms with van der Waals surface area (Å²) in [6.45, 7) is 2.05. The zero-order valence-corrected chi connectivity index (χ0v) is 11.6. The molecule has 1 heterocycles. The van der Waals surface area contributed by atoms with Crippen molar-refractivity contribution in [2.45, 2.75) is 25.8 Å². The Kier molecular flexibility index (Phi) is 4.52. The molecule has 1 aromatic heterocycles. The minimum Gasteiger partial charge on any atom is -0.375 e. The number of hydrogen-bond donors (Lipinski definition) is 2. The molecular formula is C14H17N3OS. The molecule has 1 aromatic carbocycles. The van der Waals surface area contributed by atoms with Gasteiger partial charge < -0.3 is 11.1 Å². The molecule has 0 fully saturated rings. The molecule has 0 spiro atoms. The van der Waals surface area contributed by atoms with Gasteiger partial charge in [0.1, 0.15) is 0 Å². The van der Waals surface area contributed by atoms with E-state index in [2.05, 4.69) is 17.2 Å². The van der Waals surface area contributed by atoms with E-state index in [1.807, 2.05) is 35.7 Å². The van der Waals surface area contributed by atoms with E-state index in [-0.39, 0.29) is 18.4 Å². The fourth-order valence-corrected chi connectivity index (χ4v) is 2.48. The monoisotopic (exact) mass is 275 g/mol. The van der Waals surface area contributed by atoms with Crippen molar-refractivity contribution >= 4 is 22.4 Å². The van der Waals surface area contributed by atoms with Crippen molar-refractivity contribution in [3.05, 3.63) is 47.0 Å². The van der Waals surface area contributed by atoms with E-state index in [1.165, 1.54) is 11.3 Å². The van der Waals surface area contributed by atoms with E-state index in [9.17, 15) is 4.79 Å². The summed E-state index contributed by atoms with van der Waals surface area (Å²) in [6, 6.07) is 10.0. The Balaban J connectivity index is 1.97. The summed E-state index contributed by atoms with van der Waals surface area (Å²) in [5, 5.41) is 5.34. The number of rotatable bonds is 5. The molecule has 0 aliphatic heterocycles. The third kappa shape index (κ3) is 3.79. The summed E-state index contributed by atoms with van der Waals surface area (Å²) in [4.78, 5) is 16.1. The van der Waals surface area contributed by atoms with Gasteiger partial charge >= 0.3 is 0 Å². The standard InChI is InChI=1S/C14H17N3OS/c1-2-12(10-6-4-3-5-7-10)17-13(18)8-11-9-19-14(15)16-11/h3-7,9,12H,2,8H2,1H3,(H2,15,16)(H,17,18). The van der Waals surface area contributed by atoms with Crippen molar-refractivity contribution in [1.82, 2.24) is 10.3 Å². The van der Waals surface area contributed by atoms with Crippen LogP contribution in [0.1, 0.15) is 30.6 Å². The molecule has 2 rings (SSSR count). The van der Waals surface area contributed by atoms with Crippen molar-refractivity contribution in [1.29, 1.82) is 0 Å². The first-order chi connectivity index (χ1) is 9.19. The minimum absolute atomic E-state index is 0.0268. The molecule has 0 radical (unpaired) electrons. The van der Waals surface area contributed by atoms with Crippen LogP contribution in [0.4, 0.5) is 5.13 Å². The highest BCUT2D eigenvalue weighted by molar-refractivity contribution is 7.13. The lowest BCUT2D eigenvalue weighted by molar-refractivity contribution is -0.121. The molecule has 0 saturated heterocycles. The van der Waals surface area contributed by atoms with Crippen molar-refractivity contribution < 1.29 is 4.79 Å². The molecule has 1 amide bonds. The SMILES string of the molecule is CCC(NC(=O)Cc1csc(N)n1)c1ccccc1. The molecule has 3 N–H and O–H groups in total. The van der Waals surface area contributed by atoms with Gasteiger partial charge in [-0.15, -0.1) is 11.3 Å². The lowest BCUT2D eigenvalue weighted by atomic mass is 10.0. The summed E-state index contributed by atoms with van der Waals surface area (Å²) >= 11 is 1.35. The number of benzene rings is 1. The van der Waals surface area contributed by atoms with Gasteiger partial charge in [-0.05, 0) is 12.0 Å². The first-order valence-electron chi connectivity index (χ1n) is 6.23. The Morgan fingerprint density at radius 3 is 2.74 bits per heavy atom. The highest BCUT2D eigenvalue weighted by Crippen LogP contribution is 2.16. The van der Waals surface area contributed by atoms with Crippen molar-refractivity contribution in [2.24, 2.45) is 0 Å². The lowest BCUT2D eigenvalue weighted by Gasteiger charge is -2.17. The average molecular weight is 275 g/mol. The van der Waals surface area contributed by atoms with Gasteiger partial charge in [-0.2, -0.15) is 0 Å². The Labute approximate surface area is 116 Å². The smallest absolute Gasteiger partial charge is 0.226 e. The Morgan fingerprint density at radius 2 is 2.16 bits per heavy atom. The van der Waals surface area contributed by atoms with Gasteiger partial charge in [-0.1, -0.05) is 37.3 Å². The van der Waals surface area contributed by atoms with Crippen LogP contribution in [0, 0.1) is 0 Å². The summed E-state index contributed by atoms with van der Waals surface area (Å²) in [6.07, 6.45) is 1.13. The van der Waals surface area contributed by atoms with Gasteiger partial charge in [0, 0.05) is 5.38 Å². The maximum Gasteiger partial charge on any atom is 0.226 e. The summed E-state index contributed by atoms with van der Waals surface area (Å²) in [5.74, 6) is -0.0268. The third-order valence-electron chi connectivity index (χ3n) is 2.86. The van der Waals surface area contributed by atoms with Gasteiger partial charge in [-0.3, -0.25) is 4.79 Å². The predicted octanol–water partition coefficient (Wildman–Crippen LogP) is 2.54. The normalized spacial score (nSPS) is 12.1. The van der Waals surface area contributed by atoms with E-state index in [1.54, 1.807) is 0 Å². The number of nitrogens with one attached hydrogen (secondary N) is 1. The Morgan fingerprint density at radius 1 is 1.42 bits per heavy atom. The zero-order valence-electron chi connectivity index (χ0n) is 10.8. The number of aromatic nitrogens is 1. The van der Waals surface area contributed by atoms with Gasteiger partial charge in [0.15, 0.2) is 5.13 Å². The zero-order chi connectivity index (χ0) is 13.7. The van der Waals surface area contributed by atoms with Crippen LogP contribution in [0.3, 0.4) is 0 Å². The van der Waals surface area contributed by atoms with Crippen molar-refractivity contribution in [3.8, 4) is 0 Å². The first kappa shape index (κ1) is 13.5. The molecule has 19 heavy (non-hydrogen) atoms. The first-order valence-corrected chi connectivity index (χ1v) is 7.11. The van der Waals surface area contributed by atoms with Crippen molar-refractivity contribution in [2.75, 3.05) is 5.73 Å².